The summed E-state index contributed by atoms with van der Waals surface area (Å²) in [6.45, 7) is 0.374. The molecule has 9 heteroatoms. The maximum Gasteiger partial charge on any atom is 0.267 e. The first-order valence-electron chi connectivity index (χ1n) is 10.6. The number of nitrogens with one attached hydrogen (secondary N) is 1. The lowest BCUT2D eigenvalue weighted by atomic mass is 9.97. The van der Waals surface area contributed by atoms with E-state index in [1.165, 1.54) is 21.6 Å². The van der Waals surface area contributed by atoms with Crippen LogP contribution in [0.2, 0.25) is 0 Å². The van der Waals surface area contributed by atoms with E-state index in [0.717, 1.165) is 42.5 Å². The summed E-state index contributed by atoms with van der Waals surface area (Å²) in [5.41, 5.74) is 2.82. The fraction of sp³-hybridized carbons (Fsp3) is 0.348. The second kappa shape index (κ2) is 9.59. The Morgan fingerprint density at radius 2 is 1.88 bits per heavy atom. The summed E-state index contributed by atoms with van der Waals surface area (Å²) in [5, 5.41) is 7.17. The number of methoxy groups -OCH3 is 1. The Morgan fingerprint density at radius 3 is 2.62 bits per heavy atom. The van der Waals surface area contributed by atoms with Crippen LogP contribution in [-0.4, -0.2) is 38.9 Å². The molecule has 32 heavy (non-hydrogen) atoms. The Kier molecular flexibility index (Phi) is 6.44. The first kappa shape index (κ1) is 21.5. The van der Waals surface area contributed by atoms with Gasteiger partial charge in [-0.05, 0) is 55.5 Å². The van der Waals surface area contributed by atoms with Gasteiger partial charge in [-0.15, -0.1) is 0 Å². The molecule has 0 saturated heterocycles. The van der Waals surface area contributed by atoms with Crippen molar-refractivity contribution in [1.29, 1.82) is 0 Å². The van der Waals surface area contributed by atoms with Crippen molar-refractivity contribution in [3.8, 4) is 17.0 Å². The van der Waals surface area contributed by atoms with Crippen LogP contribution in [0, 0.1) is 0 Å². The van der Waals surface area contributed by atoms with Crippen molar-refractivity contribution in [3.05, 3.63) is 74.7 Å². The summed E-state index contributed by atoms with van der Waals surface area (Å²) in [4.78, 5) is 41.2. The van der Waals surface area contributed by atoms with E-state index in [1.54, 1.807) is 25.3 Å². The molecule has 0 bridgehead atoms. The second-order valence-electron chi connectivity index (χ2n) is 7.70. The fourth-order valence-corrected chi connectivity index (χ4v) is 3.74. The van der Waals surface area contributed by atoms with Gasteiger partial charge in [0.2, 0.25) is 5.91 Å². The van der Waals surface area contributed by atoms with Crippen LogP contribution in [0.1, 0.15) is 24.1 Å². The highest BCUT2D eigenvalue weighted by Crippen LogP contribution is 2.19. The third-order valence-electron chi connectivity index (χ3n) is 5.50. The summed E-state index contributed by atoms with van der Waals surface area (Å²) < 4.78 is 7.76. The van der Waals surface area contributed by atoms with Gasteiger partial charge in [-0.1, -0.05) is 0 Å². The van der Waals surface area contributed by atoms with E-state index in [2.05, 4.69) is 15.4 Å². The van der Waals surface area contributed by atoms with Gasteiger partial charge in [0.1, 0.15) is 12.3 Å². The number of rotatable bonds is 7. The number of benzene rings is 1. The summed E-state index contributed by atoms with van der Waals surface area (Å²) in [7, 11) is 1.58. The third kappa shape index (κ3) is 4.93. The normalized spacial score (nSPS) is 12.8. The van der Waals surface area contributed by atoms with Crippen molar-refractivity contribution < 1.29 is 9.53 Å². The zero-order valence-corrected chi connectivity index (χ0v) is 17.9. The van der Waals surface area contributed by atoms with Crippen LogP contribution in [0.25, 0.3) is 11.3 Å². The highest BCUT2D eigenvalue weighted by Gasteiger charge is 2.13. The number of nitrogens with zero attached hydrogens (tertiary/aromatic N) is 4. The number of carbonyl (C=O) groups excluding carboxylic acids is 1. The van der Waals surface area contributed by atoms with Crippen molar-refractivity contribution in [2.45, 2.75) is 38.8 Å². The van der Waals surface area contributed by atoms with Gasteiger partial charge < -0.3 is 10.1 Å². The molecule has 0 saturated carbocycles. The maximum atomic E-state index is 12.4. The number of ether oxygens (including phenoxy) is 1. The molecule has 3 aromatic rings. The summed E-state index contributed by atoms with van der Waals surface area (Å²) in [6.07, 6.45) is 5.30. The van der Waals surface area contributed by atoms with Crippen LogP contribution in [0.15, 0.2) is 52.3 Å². The monoisotopic (exact) mass is 435 g/mol. The Labute approximate surface area is 184 Å². The lowest BCUT2D eigenvalue weighted by Gasteiger charge is -2.16. The van der Waals surface area contributed by atoms with Crippen LogP contribution in [0.3, 0.4) is 0 Å². The van der Waals surface area contributed by atoms with Crippen LogP contribution in [-0.2, 0) is 30.7 Å². The highest BCUT2D eigenvalue weighted by atomic mass is 16.5. The van der Waals surface area contributed by atoms with E-state index in [9.17, 15) is 14.4 Å². The van der Waals surface area contributed by atoms with E-state index in [0.29, 0.717) is 11.4 Å². The van der Waals surface area contributed by atoms with Crippen LogP contribution in [0.5, 0.6) is 5.75 Å². The minimum Gasteiger partial charge on any atom is -0.497 e. The number of aromatic nitrogens is 4. The molecule has 166 valence electrons. The van der Waals surface area contributed by atoms with Crippen molar-refractivity contribution in [2.24, 2.45) is 0 Å². The van der Waals surface area contributed by atoms with Crippen molar-refractivity contribution in [3.63, 3.8) is 0 Å². The number of fused-ring (bicyclic) bond motifs is 1. The SMILES string of the molecule is COc1ccc(-c2cc(=O)n(CC(=O)NCCn3nc4c(cc3=O)CCCC4)cn2)cc1. The predicted octanol–water partition coefficient (Wildman–Crippen LogP) is 1.17. The quantitative estimate of drug-likeness (QED) is 0.597. The molecule has 0 aliphatic heterocycles. The number of hydrogen-bond acceptors (Lipinski definition) is 6. The largest absolute Gasteiger partial charge is 0.497 e. The number of amides is 1. The topological polar surface area (TPSA) is 108 Å². The van der Waals surface area contributed by atoms with Gasteiger partial charge in [-0.25, -0.2) is 9.67 Å². The molecule has 9 nitrogen and oxygen atoms in total. The lowest BCUT2D eigenvalue weighted by Crippen LogP contribution is -2.36. The molecule has 2 aromatic heterocycles. The van der Waals surface area contributed by atoms with E-state index in [-0.39, 0.29) is 36.7 Å². The molecule has 1 amide bonds. The van der Waals surface area contributed by atoms with E-state index in [1.807, 2.05) is 12.1 Å². The maximum absolute atomic E-state index is 12.4. The summed E-state index contributed by atoms with van der Waals surface area (Å²) >= 11 is 0. The molecule has 0 atom stereocenters. The number of carbonyl (C=O) groups is 1. The molecular weight excluding hydrogens is 410 g/mol. The third-order valence-corrected chi connectivity index (χ3v) is 5.50. The number of hydrogen-bond donors (Lipinski definition) is 1. The van der Waals surface area contributed by atoms with Gasteiger partial charge in [0.05, 0.1) is 31.4 Å². The Bertz CT molecular complexity index is 1230. The molecule has 0 spiro atoms. The smallest absolute Gasteiger partial charge is 0.267 e. The fourth-order valence-electron chi connectivity index (χ4n) is 3.74. The van der Waals surface area contributed by atoms with Gasteiger partial charge in [-0.3, -0.25) is 19.0 Å². The molecule has 1 aromatic carbocycles. The van der Waals surface area contributed by atoms with Gasteiger partial charge >= 0.3 is 0 Å². The molecule has 4 rings (SSSR count). The highest BCUT2D eigenvalue weighted by molar-refractivity contribution is 5.75. The minimum atomic E-state index is -0.336. The Hall–Kier alpha value is -3.75. The van der Waals surface area contributed by atoms with E-state index < -0.39 is 0 Å². The molecule has 0 unspecified atom stereocenters. The van der Waals surface area contributed by atoms with Crippen LogP contribution in [0.4, 0.5) is 0 Å². The first-order valence-corrected chi connectivity index (χ1v) is 10.6. The second-order valence-corrected chi connectivity index (χ2v) is 7.70. The van der Waals surface area contributed by atoms with Crippen LogP contribution >= 0.6 is 0 Å². The molecule has 2 heterocycles. The van der Waals surface area contributed by atoms with Gasteiger partial charge in [0.15, 0.2) is 0 Å². The molecule has 1 aliphatic rings. The standard InChI is InChI=1S/C23H25N5O4/c1-32-18-8-6-16(7-9-18)20-13-22(30)27(15-25-20)14-21(29)24-10-11-28-23(31)12-17-4-2-3-5-19(17)26-28/h6-9,12-13,15H,2-5,10-11,14H2,1H3,(H,24,29). The zero-order valence-electron chi connectivity index (χ0n) is 17.9. The zero-order chi connectivity index (χ0) is 22.5. The molecule has 0 radical (unpaired) electrons. The van der Waals surface area contributed by atoms with Crippen molar-refractivity contribution in [2.75, 3.05) is 13.7 Å². The molecule has 0 fully saturated rings. The summed E-state index contributed by atoms with van der Waals surface area (Å²) in [6, 6.07) is 10.3. The van der Waals surface area contributed by atoms with E-state index in [4.69, 9.17) is 4.74 Å². The molecule has 1 N–H and O–H groups in total. The minimum absolute atomic E-state index is 0.152. The first-order chi connectivity index (χ1) is 15.5. The van der Waals surface area contributed by atoms with Crippen molar-refractivity contribution in [1.82, 2.24) is 24.6 Å². The molecular formula is C23H25N5O4. The number of aryl methyl sites for hydroxylation is 2. The average molecular weight is 435 g/mol. The predicted molar refractivity (Wildman–Crippen MR) is 119 cm³/mol. The lowest BCUT2D eigenvalue weighted by molar-refractivity contribution is -0.121. The van der Waals surface area contributed by atoms with Gasteiger partial charge in [0.25, 0.3) is 11.1 Å². The summed E-state index contributed by atoms with van der Waals surface area (Å²) in [5.74, 6) is 0.378. The van der Waals surface area contributed by atoms with Gasteiger partial charge in [0, 0.05) is 24.2 Å². The average Bonchev–Trinajstić information content (AvgIpc) is 2.81. The Morgan fingerprint density at radius 1 is 1.09 bits per heavy atom. The van der Waals surface area contributed by atoms with Gasteiger partial charge in [-0.2, -0.15) is 5.10 Å². The Balaban J connectivity index is 1.34. The van der Waals surface area contributed by atoms with Crippen molar-refractivity contribution >= 4 is 5.91 Å². The molecule has 1 aliphatic carbocycles. The van der Waals surface area contributed by atoms with E-state index >= 15 is 0 Å². The van der Waals surface area contributed by atoms with Crippen LogP contribution < -0.4 is 21.2 Å².